The van der Waals surface area contributed by atoms with Crippen LogP contribution in [0.4, 0.5) is 5.69 Å². The van der Waals surface area contributed by atoms with E-state index >= 15 is 0 Å². The summed E-state index contributed by atoms with van der Waals surface area (Å²) in [7, 11) is 0. The highest BCUT2D eigenvalue weighted by molar-refractivity contribution is 5.96. The van der Waals surface area contributed by atoms with E-state index in [2.05, 4.69) is 5.32 Å². The number of carbonyl (C=O) groups is 3. The zero-order valence-electron chi connectivity index (χ0n) is 18.5. The third-order valence-corrected chi connectivity index (χ3v) is 6.54. The molecule has 3 aliphatic rings. The number of carbonyl (C=O) groups excluding carboxylic acids is 3. The molecule has 0 atom stereocenters. The first kappa shape index (κ1) is 21.6. The summed E-state index contributed by atoms with van der Waals surface area (Å²) in [5.74, 6) is 0.0921. The number of anilines is 1. The summed E-state index contributed by atoms with van der Waals surface area (Å²) in [6.07, 6.45) is 1.93. The molecule has 0 bridgehead atoms. The lowest BCUT2D eigenvalue weighted by Gasteiger charge is -2.43. The van der Waals surface area contributed by atoms with Crippen molar-refractivity contribution in [2.75, 3.05) is 44.7 Å². The van der Waals surface area contributed by atoms with Crippen LogP contribution in [0.1, 0.15) is 23.2 Å². The molecule has 0 radical (unpaired) electrons. The number of benzene rings is 2. The third-order valence-electron chi connectivity index (χ3n) is 6.54. The van der Waals surface area contributed by atoms with E-state index < -0.39 is 5.54 Å². The van der Waals surface area contributed by atoms with E-state index in [1.165, 1.54) is 0 Å². The van der Waals surface area contributed by atoms with Crippen molar-refractivity contribution in [1.82, 2.24) is 9.80 Å². The minimum atomic E-state index is -0.903. The molecule has 3 fully saturated rings. The zero-order valence-corrected chi connectivity index (χ0v) is 18.5. The Balaban J connectivity index is 1.20. The summed E-state index contributed by atoms with van der Waals surface area (Å²) in [5, 5.41) is 2.97. The Bertz CT molecular complexity index is 1070. The van der Waals surface area contributed by atoms with Crippen LogP contribution < -0.4 is 11.1 Å². The maximum atomic E-state index is 13.0. The molecule has 2 saturated heterocycles. The summed E-state index contributed by atoms with van der Waals surface area (Å²) in [5.41, 5.74) is 8.50. The fourth-order valence-electron chi connectivity index (χ4n) is 4.23. The van der Waals surface area contributed by atoms with Crippen molar-refractivity contribution in [3.8, 4) is 11.1 Å². The second-order valence-corrected chi connectivity index (χ2v) is 9.16. The number of nitrogens with two attached hydrogens (primary N) is 1. The van der Waals surface area contributed by atoms with Gasteiger partial charge < -0.3 is 25.6 Å². The van der Waals surface area contributed by atoms with Crippen LogP contribution in [0, 0.1) is 5.92 Å². The quantitative estimate of drug-likeness (QED) is 0.725. The molecule has 0 unspecified atom stereocenters. The molecule has 1 saturated carbocycles. The van der Waals surface area contributed by atoms with Crippen LogP contribution in [0.3, 0.4) is 0 Å². The standard InChI is InChI=1S/C25H28N4O4/c26-25(15-33-16-25)24(32)29-12-10-28(11-13-29)23(31)19-8-4-17(5-9-19)20-2-1-3-21(14-20)27-22(30)18-6-7-18/h1-5,8-9,14,18H,6-7,10-13,15-16,26H2,(H,27,30). The van der Waals surface area contributed by atoms with Crippen LogP contribution in [0.15, 0.2) is 48.5 Å². The van der Waals surface area contributed by atoms with E-state index in [-0.39, 0.29) is 36.9 Å². The van der Waals surface area contributed by atoms with Crippen molar-refractivity contribution in [3.63, 3.8) is 0 Å². The van der Waals surface area contributed by atoms with Gasteiger partial charge in [0.2, 0.25) is 11.8 Å². The van der Waals surface area contributed by atoms with Gasteiger partial charge in [-0.25, -0.2) is 0 Å². The van der Waals surface area contributed by atoms with Gasteiger partial charge in [0.25, 0.3) is 5.91 Å². The number of rotatable bonds is 5. The van der Waals surface area contributed by atoms with E-state index in [1.54, 1.807) is 9.80 Å². The maximum Gasteiger partial charge on any atom is 0.253 e. The lowest BCUT2D eigenvalue weighted by atomic mass is 9.96. The molecule has 2 aliphatic heterocycles. The Labute approximate surface area is 192 Å². The molecule has 2 aromatic carbocycles. The number of ether oxygens (including phenoxy) is 1. The molecule has 8 nitrogen and oxygen atoms in total. The largest absolute Gasteiger partial charge is 0.376 e. The first-order valence-corrected chi connectivity index (χ1v) is 11.4. The van der Waals surface area contributed by atoms with Crippen LogP contribution in [-0.4, -0.2) is 72.5 Å². The number of hydrogen-bond acceptors (Lipinski definition) is 5. The van der Waals surface area contributed by atoms with Gasteiger partial charge in [0, 0.05) is 43.3 Å². The predicted octanol–water partition coefficient (Wildman–Crippen LogP) is 1.71. The minimum absolute atomic E-state index is 0.0477. The van der Waals surface area contributed by atoms with Crippen LogP contribution in [0.5, 0.6) is 0 Å². The van der Waals surface area contributed by atoms with Crippen LogP contribution >= 0.6 is 0 Å². The van der Waals surface area contributed by atoms with Gasteiger partial charge in [-0.05, 0) is 48.2 Å². The van der Waals surface area contributed by atoms with Gasteiger partial charge in [-0.2, -0.15) is 0 Å². The van der Waals surface area contributed by atoms with E-state index in [0.29, 0.717) is 31.7 Å². The van der Waals surface area contributed by atoms with Crippen molar-refractivity contribution in [2.45, 2.75) is 18.4 Å². The predicted molar refractivity (Wildman–Crippen MR) is 123 cm³/mol. The summed E-state index contributed by atoms with van der Waals surface area (Å²) in [6, 6.07) is 15.2. The van der Waals surface area contributed by atoms with E-state index in [4.69, 9.17) is 10.5 Å². The lowest BCUT2D eigenvalue weighted by molar-refractivity contribution is -0.155. The Morgan fingerprint density at radius 3 is 2.18 bits per heavy atom. The topological polar surface area (TPSA) is 105 Å². The number of nitrogens with zero attached hydrogens (tertiary/aromatic N) is 2. The number of hydrogen-bond donors (Lipinski definition) is 2. The summed E-state index contributed by atoms with van der Waals surface area (Å²) < 4.78 is 5.09. The molecule has 0 aromatic heterocycles. The highest BCUT2D eigenvalue weighted by atomic mass is 16.5. The molecular formula is C25H28N4O4. The first-order chi connectivity index (χ1) is 15.9. The fourth-order valence-corrected chi connectivity index (χ4v) is 4.23. The molecule has 8 heteroatoms. The average Bonchev–Trinajstić information content (AvgIpc) is 3.68. The van der Waals surface area contributed by atoms with Crippen LogP contribution in [0.2, 0.25) is 0 Å². The van der Waals surface area contributed by atoms with Gasteiger partial charge >= 0.3 is 0 Å². The highest BCUT2D eigenvalue weighted by Crippen LogP contribution is 2.31. The van der Waals surface area contributed by atoms with E-state index in [0.717, 1.165) is 29.7 Å². The SMILES string of the molecule is NC1(C(=O)N2CCN(C(=O)c3ccc(-c4cccc(NC(=O)C5CC5)c4)cc3)CC2)COC1. The Kier molecular flexibility index (Phi) is 5.64. The summed E-state index contributed by atoms with van der Waals surface area (Å²) in [6.45, 7) is 2.42. The molecule has 5 rings (SSSR count). The van der Waals surface area contributed by atoms with Crippen molar-refractivity contribution in [3.05, 3.63) is 54.1 Å². The Morgan fingerprint density at radius 1 is 0.909 bits per heavy atom. The molecule has 33 heavy (non-hydrogen) atoms. The lowest BCUT2D eigenvalue weighted by Crippen LogP contribution is -2.68. The number of piperazine rings is 1. The minimum Gasteiger partial charge on any atom is -0.376 e. The summed E-state index contributed by atoms with van der Waals surface area (Å²) >= 11 is 0. The number of nitrogens with one attached hydrogen (secondary N) is 1. The second-order valence-electron chi connectivity index (χ2n) is 9.16. The maximum absolute atomic E-state index is 13.0. The van der Waals surface area contributed by atoms with Crippen molar-refractivity contribution >= 4 is 23.4 Å². The van der Waals surface area contributed by atoms with Gasteiger partial charge in [0.15, 0.2) is 0 Å². The normalized spacial score (nSPS) is 19.5. The molecule has 2 aromatic rings. The van der Waals surface area contributed by atoms with E-state index in [9.17, 15) is 14.4 Å². The van der Waals surface area contributed by atoms with Gasteiger partial charge in [-0.1, -0.05) is 24.3 Å². The summed E-state index contributed by atoms with van der Waals surface area (Å²) in [4.78, 5) is 41.0. The Hall–Kier alpha value is -3.23. The molecule has 172 valence electrons. The van der Waals surface area contributed by atoms with Crippen molar-refractivity contribution in [2.24, 2.45) is 11.7 Å². The van der Waals surface area contributed by atoms with Gasteiger partial charge in [0.05, 0.1) is 13.2 Å². The molecule has 2 heterocycles. The molecular weight excluding hydrogens is 420 g/mol. The average molecular weight is 449 g/mol. The molecule has 1 aliphatic carbocycles. The van der Waals surface area contributed by atoms with Crippen molar-refractivity contribution in [1.29, 1.82) is 0 Å². The first-order valence-electron chi connectivity index (χ1n) is 11.4. The molecule has 0 spiro atoms. The third kappa shape index (κ3) is 4.49. The Morgan fingerprint density at radius 2 is 1.58 bits per heavy atom. The van der Waals surface area contributed by atoms with Crippen LogP contribution in [-0.2, 0) is 14.3 Å². The zero-order chi connectivity index (χ0) is 23.0. The van der Waals surface area contributed by atoms with Crippen LogP contribution in [0.25, 0.3) is 11.1 Å². The highest BCUT2D eigenvalue weighted by Gasteiger charge is 2.45. The smallest absolute Gasteiger partial charge is 0.253 e. The van der Waals surface area contributed by atoms with E-state index in [1.807, 2.05) is 48.5 Å². The van der Waals surface area contributed by atoms with Gasteiger partial charge in [-0.3, -0.25) is 14.4 Å². The molecule has 3 amide bonds. The monoisotopic (exact) mass is 448 g/mol. The molecule has 3 N–H and O–H groups in total. The van der Waals surface area contributed by atoms with Gasteiger partial charge in [0.1, 0.15) is 5.54 Å². The fraction of sp³-hybridized carbons (Fsp3) is 0.400. The van der Waals surface area contributed by atoms with Crippen molar-refractivity contribution < 1.29 is 19.1 Å². The van der Waals surface area contributed by atoms with Gasteiger partial charge in [-0.15, -0.1) is 0 Å². The number of amides is 3. The second kappa shape index (κ2) is 8.61.